The molecule has 0 saturated carbocycles. The van der Waals surface area contributed by atoms with E-state index in [-0.39, 0.29) is 18.1 Å². The number of carbonyl (C=O) groups excluding carboxylic acids is 1. The summed E-state index contributed by atoms with van der Waals surface area (Å²) in [5.74, 6) is -0.0527. The molecule has 106 valence electrons. The normalized spacial score (nSPS) is 17.1. The van der Waals surface area contributed by atoms with Crippen molar-refractivity contribution in [2.75, 3.05) is 26.7 Å². The number of rotatable bonds is 4. The van der Waals surface area contributed by atoms with Crippen LogP contribution in [-0.2, 0) is 0 Å². The molecule has 1 atom stereocenters. The Bertz CT molecular complexity index is 515. The van der Waals surface area contributed by atoms with Crippen LogP contribution in [0.1, 0.15) is 22.8 Å². The second-order valence-corrected chi connectivity index (χ2v) is 5.33. The quantitative estimate of drug-likeness (QED) is 0.876. The molecule has 0 bridgehead atoms. The SMILES string of the molecule is C[C@@H](CN1CC(O)C1)N(C)C(=O)c1ccc(C#N)cc1. The van der Waals surface area contributed by atoms with Gasteiger partial charge in [-0.2, -0.15) is 5.26 Å². The van der Waals surface area contributed by atoms with Crippen molar-refractivity contribution in [2.24, 2.45) is 0 Å². The van der Waals surface area contributed by atoms with E-state index >= 15 is 0 Å². The summed E-state index contributed by atoms with van der Waals surface area (Å²) in [6.45, 7) is 4.12. The molecule has 1 N–H and O–H groups in total. The summed E-state index contributed by atoms with van der Waals surface area (Å²) in [6.07, 6.45) is -0.221. The van der Waals surface area contributed by atoms with Crippen molar-refractivity contribution in [3.63, 3.8) is 0 Å². The van der Waals surface area contributed by atoms with Gasteiger partial charge in [0.2, 0.25) is 0 Å². The lowest BCUT2D eigenvalue weighted by Crippen LogP contribution is -2.55. The van der Waals surface area contributed by atoms with Gasteiger partial charge in [0.1, 0.15) is 0 Å². The molecule has 0 spiro atoms. The topological polar surface area (TPSA) is 67.6 Å². The maximum absolute atomic E-state index is 12.3. The lowest BCUT2D eigenvalue weighted by atomic mass is 10.1. The predicted octanol–water partition coefficient (Wildman–Crippen LogP) is 0.695. The van der Waals surface area contributed by atoms with E-state index in [0.717, 1.165) is 6.54 Å². The Hall–Kier alpha value is -1.90. The Morgan fingerprint density at radius 1 is 1.50 bits per heavy atom. The number of aliphatic hydroxyl groups is 1. The number of hydrogen-bond donors (Lipinski definition) is 1. The molecule has 1 fully saturated rings. The summed E-state index contributed by atoms with van der Waals surface area (Å²) in [6, 6.07) is 8.77. The van der Waals surface area contributed by atoms with Gasteiger partial charge in [-0.05, 0) is 31.2 Å². The largest absolute Gasteiger partial charge is 0.390 e. The number of nitrogens with zero attached hydrogens (tertiary/aromatic N) is 3. The van der Waals surface area contributed by atoms with Gasteiger partial charge in [-0.15, -0.1) is 0 Å². The Morgan fingerprint density at radius 2 is 2.10 bits per heavy atom. The third-order valence-corrected chi connectivity index (χ3v) is 3.70. The van der Waals surface area contributed by atoms with Crippen LogP contribution in [-0.4, -0.2) is 59.6 Å². The van der Waals surface area contributed by atoms with Crippen molar-refractivity contribution < 1.29 is 9.90 Å². The van der Waals surface area contributed by atoms with Crippen molar-refractivity contribution in [1.29, 1.82) is 5.26 Å². The highest BCUT2D eigenvalue weighted by Gasteiger charge is 2.27. The van der Waals surface area contributed by atoms with E-state index in [2.05, 4.69) is 4.90 Å². The van der Waals surface area contributed by atoms with Gasteiger partial charge < -0.3 is 10.0 Å². The lowest BCUT2D eigenvalue weighted by Gasteiger charge is -2.39. The van der Waals surface area contributed by atoms with Crippen LogP contribution in [0.4, 0.5) is 0 Å². The molecule has 0 aliphatic carbocycles. The van der Waals surface area contributed by atoms with Crippen molar-refractivity contribution in [3.05, 3.63) is 35.4 Å². The average molecular weight is 273 g/mol. The highest BCUT2D eigenvalue weighted by molar-refractivity contribution is 5.94. The zero-order valence-corrected chi connectivity index (χ0v) is 11.8. The third kappa shape index (κ3) is 3.16. The van der Waals surface area contributed by atoms with Gasteiger partial charge in [-0.25, -0.2) is 0 Å². The van der Waals surface area contributed by atoms with Crippen LogP contribution >= 0.6 is 0 Å². The molecular formula is C15H19N3O2. The second-order valence-electron chi connectivity index (χ2n) is 5.33. The average Bonchev–Trinajstić information content (AvgIpc) is 2.44. The van der Waals surface area contributed by atoms with Crippen molar-refractivity contribution in [3.8, 4) is 6.07 Å². The molecule has 1 aliphatic heterocycles. The van der Waals surface area contributed by atoms with Gasteiger partial charge in [0.05, 0.1) is 17.7 Å². The molecule has 1 saturated heterocycles. The van der Waals surface area contributed by atoms with E-state index in [1.54, 1.807) is 36.2 Å². The zero-order valence-electron chi connectivity index (χ0n) is 11.8. The summed E-state index contributed by atoms with van der Waals surface area (Å²) in [4.78, 5) is 16.1. The molecule has 0 unspecified atom stereocenters. The summed E-state index contributed by atoms with van der Waals surface area (Å²) < 4.78 is 0. The van der Waals surface area contributed by atoms with Gasteiger partial charge in [0, 0.05) is 38.3 Å². The van der Waals surface area contributed by atoms with Gasteiger partial charge in [-0.1, -0.05) is 0 Å². The third-order valence-electron chi connectivity index (χ3n) is 3.70. The molecule has 1 heterocycles. The number of hydrogen-bond acceptors (Lipinski definition) is 4. The molecule has 0 radical (unpaired) electrons. The van der Waals surface area contributed by atoms with Crippen LogP contribution in [0, 0.1) is 11.3 Å². The second kappa shape index (κ2) is 6.04. The summed E-state index contributed by atoms with van der Waals surface area (Å²) >= 11 is 0. The van der Waals surface area contributed by atoms with Crippen molar-refractivity contribution in [1.82, 2.24) is 9.80 Å². The maximum Gasteiger partial charge on any atom is 0.253 e. The highest BCUT2D eigenvalue weighted by atomic mass is 16.3. The Morgan fingerprint density at radius 3 is 2.60 bits per heavy atom. The van der Waals surface area contributed by atoms with E-state index in [9.17, 15) is 9.90 Å². The standard InChI is InChI=1S/C15H19N3O2/c1-11(8-18-9-14(19)10-18)17(2)15(20)13-5-3-12(7-16)4-6-13/h3-6,11,14,19H,8-10H2,1-2H3/t11-/m0/s1. The Kier molecular flexibility index (Phi) is 4.38. The van der Waals surface area contributed by atoms with Crippen LogP contribution in [0.2, 0.25) is 0 Å². The fourth-order valence-electron chi connectivity index (χ4n) is 2.28. The number of benzene rings is 1. The minimum absolute atomic E-state index is 0.0527. The van der Waals surface area contributed by atoms with E-state index < -0.39 is 0 Å². The molecule has 5 heteroatoms. The molecule has 1 aliphatic rings. The van der Waals surface area contributed by atoms with Crippen LogP contribution in [0.5, 0.6) is 0 Å². The smallest absolute Gasteiger partial charge is 0.253 e. The summed E-state index contributed by atoms with van der Waals surface area (Å²) in [5.41, 5.74) is 1.13. The van der Waals surface area contributed by atoms with Crippen LogP contribution in [0.15, 0.2) is 24.3 Å². The number of β-amino-alcohol motifs (C(OH)–C–C–N with tert-alkyl or cyclic N) is 1. The van der Waals surface area contributed by atoms with E-state index in [4.69, 9.17) is 5.26 Å². The highest BCUT2D eigenvalue weighted by Crippen LogP contribution is 2.12. The van der Waals surface area contributed by atoms with Gasteiger partial charge >= 0.3 is 0 Å². The molecule has 0 aromatic heterocycles. The summed E-state index contributed by atoms with van der Waals surface area (Å²) in [5, 5.41) is 18.0. The maximum atomic E-state index is 12.3. The Balaban J connectivity index is 1.94. The molecule has 5 nitrogen and oxygen atoms in total. The number of aliphatic hydroxyl groups excluding tert-OH is 1. The molecule has 2 rings (SSSR count). The van der Waals surface area contributed by atoms with E-state index in [1.807, 2.05) is 13.0 Å². The monoisotopic (exact) mass is 273 g/mol. The minimum Gasteiger partial charge on any atom is -0.390 e. The number of likely N-dealkylation sites (tertiary alicyclic amines) is 1. The van der Waals surface area contributed by atoms with Crippen LogP contribution < -0.4 is 0 Å². The Labute approximate surface area is 119 Å². The fraction of sp³-hybridized carbons (Fsp3) is 0.467. The molecule has 20 heavy (non-hydrogen) atoms. The van der Waals surface area contributed by atoms with Gasteiger partial charge in [0.15, 0.2) is 0 Å². The number of likely N-dealkylation sites (N-methyl/N-ethyl adjacent to an activating group) is 1. The van der Waals surface area contributed by atoms with Gasteiger partial charge in [-0.3, -0.25) is 9.69 Å². The molecular weight excluding hydrogens is 254 g/mol. The van der Waals surface area contributed by atoms with Crippen molar-refractivity contribution >= 4 is 5.91 Å². The molecule has 1 amide bonds. The number of nitriles is 1. The molecule has 1 aromatic rings. The minimum atomic E-state index is -0.221. The fourth-order valence-corrected chi connectivity index (χ4v) is 2.28. The zero-order chi connectivity index (χ0) is 14.7. The first-order valence-corrected chi connectivity index (χ1v) is 6.69. The van der Waals surface area contributed by atoms with Gasteiger partial charge in [0.25, 0.3) is 5.91 Å². The van der Waals surface area contributed by atoms with E-state index in [0.29, 0.717) is 24.2 Å². The van der Waals surface area contributed by atoms with Crippen LogP contribution in [0.25, 0.3) is 0 Å². The first-order valence-electron chi connectivity index (χ1n) is 6.69. The van der Waals surface area contributed by atoms with Crippen LogP contribution in [0.3, 0.4) is 0 Å². The lowest BCUT2D eigenvalue weighted by molar-refractivity contribution is -0.00873. The van der Waals surface area contributed by atoms with E-state index in [1.165, 1.54) is 0 Å². The number of carbonyl (C=O) groups is 1. The summed E-state index contributed by atoms with van der Waals surface area (Å²) in [7, 11) is 1.78. The first kappa shape index (κ1) is 14.5. The molecule has 1 aromatic carbocycles. The first-order chi connectivity index (χ1) is 9.51. The predicted molar refractivity (Wildman–Crippen MR) is 75.2 cm³/mol. The van der Waals surface area contributed by atoms with Crippen molar-refractivity contribution in [2.45, 2.75) is 19.1 Å². The number of amides is 1.